The summed E-state index contributed by atoms with van der Waals surface area (Å²) in [6.45, 7) is 0. The number of aromatic nitrogens is 3. The molecule has 0 aliphatic carbocycles. The molecule has 7 aromatic carbocycles. The topological polar surface area (TPSA) is 38.7 Å². The van der Waals surface area contributed by atoms with Gasteiger partial charge in [-0.25, -0.2) is 9.97 Å². The lowest BCUT2D eigenvalue weighted by Crippen LogP contribution is -1.96. The van der Waals surface area contributed by atoms with Crippen LogP contribution in [0.4, 0.5) is 0 Å². The van der Waals surface area contributed by atoms with Crippen LogP contribution in [0.1, 0.15) is 0 Å². The highest BCUT2D eigenvalue weighted by molar-refractivity contribution is 6.20. The monoisotopic (exact) mass is 611 g/mol. The molecule has 2 heterocycles. The normalized spacial score (nSPS) is 11.3. The number of hydrogen-bond acceptors (Lipinski definition) is 3. The maximum absolute atomic E-state index is 5.12. The molecule has 0 aliphatic rings. The van der Waals surface area contributed by atoms with Crippen molar-refractivity contribution in [2.24, 2.45) is 0 Å². The van der Waals surface area contributed by atoms with Crippen molar-refractivity contribution in [2.75, 3.05) is 0 Å². The molecule has 0 radical (unpaired) electrons. The molecule has 0 spiro atoms. The Balaban J connectivity index is 1.17. The molecule has 0 atom stereocenters. The summed E-state index contributed by atoms with van der Waals surface area (Å²) >= 11 is 0. The zero-order valence-corrected chi connectivity index (χ0v) is 26.1. The van der Waals surface area contributed by atoms with Gasteiger partial charge in [-0.15, -0.1) is 0 Å². The Morgan fingerprint density at radius 3 is 1.62 bits per heavy atom. The minimum atomic E-state index is 0.699. The number of hydrogen-bond donors (Lipinski definition) is 0. The molecule has 9 aromatic rings. The quantitative estimate of drug-likeness (QED) is 0.144. The molecule has 0 saturated heterocycles. The molecule has 2 aromatic heterocycles. The minimum absolute atomic E-state index is 0.699. The standard InChI is InChI=1S/C45H29N3/c1-2-9-33(10-3-1)42-29-43(34-16-14-30(15-17-34)31-24-26-46-27-25-31)48-45(47-42)36-20-18-35(19-21-36)44-39-13-7-5-11-37(39)28-41-38-12-6-4-8-32(38)22-23-40(41)44/h1-29H. The Kier molecular flexibility index (Phi) is 6.80. The Hall–Kier alpha value is -6.45. The average Bonchev–Trinajstić information content (AvgIpc) is 3.17. The van der Waals surface area contributed by atoms with Crippen molar-refractivity contribution in [3.8, 4) is 56.2 Å². The molecule has 3 nitrogen and oxygen atoms in total. The number of fused-ring (bicyclic) bond motifs is 4. The van der Waals surface area contributed by atoms with Crippen LogP contribution in [0.15, 0.2) is 176 Å². The Morgan fingerprint density at radius 1 is 0.312 bits per heavy atom. The van der Waals surface area contributed by atoms with Crippen LogP contribution in [0.2, 0.25) is 0 Å². The predicted molar refractivity (Wildman–Crippen MR) is 200 cm³/mol. The van der Waals surface area contributed by atoms with E-state index in [2.05, 4.69) is 138 Å². The van der Waals surface area contributed by atoms with Crippen molar-refractivity contribution >= 4 is 32.3 Å². The second-order valence-electron chi connectivity index (χ2n) is 12.1. The summed E-state index contributed by atoms with van der Waals surface area (Å²) in [6, 6.07) is 57.9. The molecule has 0 bridgehead atoms. The number of rotatable bonds is 5. The van der Waals surface area contributed by atoms with E-state index in [1.54, 1.807) is 0 Å². The molecule has 0 saturated carbocycles. The fourth-order valence-corrected chi connectivity index (χ4v) is 6.78. The first kappa shape index (κ1) is 27.8. The zero-order chi connectivity index (χ0) is 31.9. The number of benzene rings is 7. The van der Waals surface area contributed by atoms with Crippen LogP contribution in [-0.2, 0) is 0 Å². The van der Waals surface area contributed by atoms with Gasteiger partial charge < -0.3 is 0 Å². The zero-order valence-electron chi connectivity index (χ0n) is 26.1. The van der Waals surface area contributed by atoms with Crippen LogP contribution in [-0.4, -0.2) is 15.0 Å². The van der Waals surface area contributed by atoms with E-state index in [4.69, 9.17) is 9.97 Å². The van der Waals surface area contributed by atoms with Crippen LogP contribution in [0.3, 0.4) is 0 Å². The molecule has 48 heavy (non-hydrogen) atoms. The third-order valence-corrected chi connectivity index (χ3v) is 9.19. The van der Waals surface area contributed by atoms with Gasteiger partial charge in [-0.05, 0) is 78.8 Å². The lowest BCUT2D eigenvalue weighted by atomic mass is 9.89. The predicted octanol–water partition coefficient (Wildman–Crippen LogP) is 11.7. The number of pyridine rings is 1. The molecule has 3 heteroatoms. The van der Waals surface area contributed by atoms with Gasteiger partial charge in [-0.1, -0.05) is 140 Å². The summed E-state index contributed by atoms with van der Waals surface area (Å²) in [4.78, 5) is 14.4. The molecular formula is C45H29N3. The van der Waals surface area contributed by atoms with E-state index in [-0.39, 0.29) is 0 Å². The Labute approximate surface area is 278 Å². The summed E-state index contributed by atoms with van der Waals surface area (Å²) in [6.07, 6.45) is 3.64. The van der Waals surface area contributed by atoms with E-state index in [1.165, 1.54) is 43.4 Å². The average molecular weight is 612 g/mol. The molecule has 0 amide bonds. The van der Waals surface area contributed by atoms with Crippen molar-refractivity contribution in [1.29, 1.82) is 0 Å². The molecule has 224 valence electrons. The van der Waals surface area contributed by atoms with E-state index in [0.717, 1.165) is 39.2 Å². The third-order valence-electron chi connectivity index (χ3n) is 9.19. The lowest BCUT2D eigenvalue weighted by molar-refractivity contribution is 1.18. The maximum atomic E-state index is 5.12. The van der Waals surface area contributed by atoms with Crippen molar-refractivity contribution in [1.82, 2.24) is 15.0 Å². The summed E-state index contributed by atoms with van der Waals surface area (Å²) in [7, 11) is 0. The van der Waals surface area contributed by atoms with Crippen molar-refractivity contribution < 1.29 is 0 Å². The molecule has 9 rings (SSSR count). The first-order valence-corrected chi connectivity index (χ1v) is 16.2. The first-order valence-electron chi connectivity index (χ1n) is 16.2. The van der Waals surface area contributed by atoms with Crippen LogP contribution >= 0.6 is 0 Å². The van der Waals surface area contributed by atoms with Gasteiger partial charge in [0, 0.05) is 29.1 Å². The highest BCUT2D eigenvalue weighted by Gasteiger charge is 2.14. The highest BCUT2D eigenvalue weighted by Crippen LogP contribution is 2.40. The molecule has 0 fully saturated rings. The Morgan fingerprint density at radius 2 is 0.875 bits per heavy atom. The fourth-order valence-electron chi connectivity index (χ4n) is 6.78. The van der Waals surface area contributed by atoms with Crippen LogP contribution in [0.5, 0.6) is 0 Å². The van der Waals surface area contributed by atoms with E-state index < -0.39 is 0 Å². The van der Waals surface area contributed by atoms with Gasteiger partial charge in [0.25, 0.3) is 0 Å². The Bertz CT molecular complexity index is 2580. The molecule has 0 aliphatic heterocycles. The fraction of sp³-hybridized carbons (Fsp3) is 0. The van der Waals surface area contributed by atoms with Gasteiger partial charge in [0.15, 0.2) is 5.82 Å². The van der Waals surface area contributed by atoms with E-state index in [0.29, 0.717) is 5.82 Å². The van der Waals surface area contributed by atoms with Gasteiger partial charge in [-0.2, -0.15) is 0 Å². The van der Waals surface area contributed by atoms with Gasteiger partial charge in [0.2, 0.25) is 0 Å². The smallest absolute Gasteiger partial charge is 0.160 e. The SMILES string of the molecule is c1ccc(-c2cc(-c3ccc(-c4ccncc4)cc3)nc(-c3ccc(-c4c5ccccc5cc5c4ccc4ccccc45)cc3)n2)cc1. The van der Waals surface area contributed by atoms with Crippen molar-refractivity contribution in [2.45, 2.75) is 0 Å². The second-order valence-corrected chi connectivity index (χ2v) is 12.1. The third kappa shape index (κ3) is 4.99. The van der Waals surface area contributed by atoms with Crippen molar-refractivity contribution in [3.05, 3.63) is 176 Å². The van der Waals surface area contributed by atoms with Gasteiger partial charge in [0.05, 0.1) is 11.4 Å². The molecular weight excluding hydrogens is 583 g/mol. The van der Waals surface area contributed by atoms with Gasteiger partial charge in [-0.3, -0.25) is 4.98 Å². The van der Waals surface area contributed by atoms with Gasteiger partial charge in [0.1, 0.15) is 0 Å². The van der Waals surface area contributed by atoms with E-state index >= 15 is 0 Å². The van der Waals surface area contributed by atoms with E-state index in [1.807, 2.05) is 42.7 Å². The molecule has 0 N–H and O–H groups in total. The summed E-state index contributed by atoms with van der Waals surface area (Å²) < 4.78 is 0. The summed E-state index contributed by atoms with van der Waals surface area (Å²) in [5, 5.41) is 7.52. The van der Waals surface area contributed by atoms with Crippen LogP contribution < -0.4 is 0 Å². The number of nitrogens with zero attached hydrogens (tertiary/aromatic N) is 3. The summed E-state index contributed by atoms with van der Waals surface area (Å²) in [5.74, 6) is 0.699. The summed E-state index contributed by atoms with van der Waals surface area (Å²) in [5.41, 5.74) is 9.54. The van der Waals surface area contributed by atoms with Crippen LogP contribution in [0.25, 0.3) is 88.5 Å². The highest BCUT2D eigenvalue weighted by atomic mass is 14.9. The lowest BCUT2D eigenvalue weighted by Gasteiger charge is -2.15. The van der Waals surface area contributed by atoms with Crippen LogP contribution in [0, 0.1) is 0 Å². The largest absolute Gasteiger partial charge is 0.265 e. The first-order chi connectivity index (χ1) is 23.8. The van der Waals surface area contributed by atoms with Crippen molar-refractivity contribution in [3.63, 3.8) is 0 Å². The molecule has 0 unspecified atom stereocenters. The maximum Gasteiger partial charge on any atom is 0.160 e. The minimum Gasteiger partial charge on any atom is -0.265 e. The second kappa shape index (κ2) is 11.7. The van der Waals surface area contributed by atoms with Gasteiger partial charge >= 0.3 is 0 Å². The van der Waals surface area contributed by atoms with E-state index in [9.17, 15) is 0 Å².